The van der Waals surface area contributed by atoms with Gasteiger partial charge in [-0.25, -0.2) is 0 Å². The van der Waals surface area contributed by atoms with E-state index in [1.807, 2.05) is 36.7 Å². The van der Waals surface area contributed by atoms with Crippen LogP contribution in [-0.4, -0.2) is 5.91 Å². The number of carbonyl (C=O) groups excluding carboxylic acids is 1. The van der Waals surface area contributed by atoms with E-state index in [2.05, 4.69) is 5.32 Å². The van der Waals surface area contributed by atoms with Gasteiger partial charge in [0.15, 0.2) is 0 Å². The zero-order chi connectivity index (χ0) is 11.3. The Morgan fingerprint density at radius 2 is 2.40 bits per heavy atom. The van der Waals surface area contributed by atoms with Gasteiger partial charge in [0.25, 0.3) is 0 Å². The van der Waals surface area contributed by atoms with Crippen molar-refractivity contribution in [2.45, 2.75) is 20.4 Å². The van der Waals surface area contributed by atoms with Gasteiger partial charge in [-0.15, -0.1) is 0 Å². The molecule has 1 amide bonds. The van der Waals surface area contributed by atoms with Crippen LogP contribution in [0.4, 0.5) is 0 Å². The molecule has 0 spiro atoms. The summed E-state index contributed by atoms with van der Waals surface area (Å²) < 4.78 is 0. The van der Waals surface area contributed by atoms with E-state index in [4.69, 9.17) is 5.26 Å². The van der Waals surface area contributed by atoms with Crippen molar-refractivity contribution in [3.63, 3.8) is 0 Å². The second-order valence-corrected chi connectivity index (χ2v) is 4.48. The summed E-state index contributed by atoms with van der Waals surface area (Å²) in [6, 6.07) is 3.98. The van der Waals surface area contributed by atoms with E-state index in [1.54, 1.807) is 11.3 Å². The molecule has 0 saturated carbocycles. The first-order valence-electron chi connectivity index (χ1n) is 4.83. The van der Waals surface area contributed by atoms with E-state index in [0.717, 1.165) is 5.56 Å². The van der Waals surface area contributed by atoms with Crippen LogP contribution in [0.3, 0.4) is 0 Å². The van der Waals surface area contributed by atoms with Crippen molar-refractivity contribution in [1.29, 1.82) is 5.26 Å². The zero-order valence-electron chi connectivity index (χ0n) is 8.86. The van der Waals surface area contributed by atoms with Crippen LogP contribution in [-0.2, 0) is 11.3 Å². The van der Waals surface area contributed by atoms with Crippen LogP contribution in [0.5, 0.6) is 0 Å². The lowest BCUT2D eigenvalue weighted by molar-refractivity contribution is -0.124. The Morgan fingerprint density at radius 1 is 1.67 bits per heavy atom. The van der Waals surface area contributed by atoms with Gasteiger partial charge in [-0.3, -0.25) is 4.79 Å². The summed E-state index contributed by atoms with van der Waals surface area (Å²) >= 11 is 1.60. The average Bonchev–Trinajstić information content (AvgIpc) is 2.67. The SMILES string of the molecule is CC(C)C(C#N)C(=O)NCc1ccsc1. The number of rotatable bonds is 4. The number of nitrogens with one attached hydrogen (secondary N) is 1. The largest absolute Gasteiger partial charge is 0.351 e. The Bertz CT molecular complexity index is 351. The van der Waals surface area contributed by atoms with Crippen molar-refractivity contribution >= 4 is 17.2 Å². The Morgan fingerprint density at radius 3 is 2.87 bits per heavy atom. The molecule has 0 saturated heterocycles. The molecular formula is C11H14N2OS. The van der Waals surface area contributed by atoms with E-state index < -0.39 is 5.92 Å². The van der Waals surface area contributed by atoms with Gasteiger partial charge in [-0.05, 0) is 28.3 Å². The molecule has 0 fully saturated rings. The van der Waals surface area contributed by atoms with Gasteiger partial charge >= 0.3 is 0 Å². The van der Waals surface area contributed by atoms with Crippen LogP contribution in [0.15, 0.2) is 16.8 Å². The highest BCUT2D eigenvalue weighted by Crippen LogP contribution is 2.10. The molecule has 1 heterocycles. The maximum atomic E-state index is 11.6. The summed E-state index contributed by atoms with van der Waals surface area (Å²) in [6.45, 7) is 4.25. The highest BCUT2D eigenvalue weighted by atomic mass is 32.1. The minimum Gasteiger partial charge on any atom is -0.351 e. The maximum Gasteiger partial charge on any atom is 0.237 e. The van der Waals surface area contributed by atoms with E-state index >= 15 is 0 Å². The highest BCUT2D eigenvalue weighted by Gasteiger charge is 2.20. The average molecular weight is 222 g/mol. The van der Waals surface area contributed by atoms with Crippen molar-refractivity contribution in [2.24, 2.45) is 11.8 Å². The summed E-state index contributed by atoms with van der Waals surface area (Å²) in [5.41, 5.74) is 1.08. The number of nitrogens with zero attached hydrogens (tertiary/aromatic N) is 1. The van der Waals surface area contributed by atoms with Crippen molar-refractivity contribution in [2.75, 3.05) is 0 Å². The molecule has 1 aromatic rings. The second kappa shape index (κ2) is 5.52. The summed E-state index contributed by atoms with van der Waals surface area (Å²) in [7, 11) is 0. The normalized spacial score (nSPS) is 12.1. The molecule has 80 valence electrons. The second-order valence-electron chi connectivity index (χ2n) is 3.70. The number of amides is 1. The molecule has 0 aliphatic carbocycles. The molecule has 1 rings (SSSR count). The molecule has 1 atom stereocenters. The fraction of sp³-hybridized carbons (Fsp3) is 0.455. The van der Waals surface area contributed by atoms with Gasteiger partial charge in [0.1, 0.15) is 5.92 Å². The molecule has 1 unspecified atom stereocenters. The highest BCUT2D eigenvalue weighted by molar-refractivity contribution is 7.07. The van der Waals surface area contributed by atoms with Gasteiger partial charge in [-0.1, -0.05) is 13.8 Å². The fourth-order valence-electron chi connectivity index (χ4n) is 1.20. The van der Waals surface area contributed by atoms with Crippen molar-refractivity contribution in [3.8, 4) is 6.07 Å². The monoisotopic (exact) mass is 222 g/mol. The molecule has 0 radical (unpaired) electrons. The third kappa shape index (κ3) is 3.37. The van der Waals surface area contributed by atoms with Gasteiger partial charge in [0, 0.05) is 6.54 Å². The first kappa shape index (κ1) is 11.7. The lowest BCUT2D eigenvalue weighted by atomic mass is 9.97. The molecule has 0 aliphatic rings. The molecule has 1 aromatic heterocycles. The third-order valence-electron chi connectivity index (χ3n) is 2.14. The van der Waals surface area contributed by atoms with Crippen LogP contribution >= 0.6 is 11.3 Å². The van der Waals surface area contributed by atoms with Crippen LogP contribution in [0.25, 0.3) is 0 Å². The quantitative estimate of drug-likeness (QED) is 0.848. The van der Waals surface area contributed by atoms with Crippen LogP contribution in [0.2, 0.25) is 0 Å². The minimum absolute atomic E-state index is 0.0532. The van der Waals surface area contributed by atoms with Gasteiger partial charge < -0.3 is 5.32 Å². The van der Waals surface area contributed by atoms with Crippen molar-refractivity contribution in [3.05, 3.63) is 22.4 Å². The summed E-state index contributed by atoms with van der Waals surface area (Å²) in [5.74, 6) is -0.681. The summed E-state index contributed by atoms with van der Waals surface area (Å²) in [5, 5.41) is 15.5. The predicted octanol–water partition coefficient (Wildman–Crippen LogP) is 2.16. The Labute approximate surface area is 93.7 Å². The van der Waals surface area contributed by atoms with Crippen LogP contribution in [0, 0.1) is 23.2 Å². The molecule has 0 aliphatic heterocycles. The Hall–Kier alpha value is -1.34. The van der Waals surface area contributed by atoms with E-state index in [0.29, 0.717) is 6.54 Å². The Balaban J connectivity index is 2.46. The van der Waals surface area contributed by atoms with E-state index in [9.17, 15) is 4.79 Å². The third-order valence-corrected chi connectivity index (χ3v) is 2.87. The van der Waals surface area contributed by atoms with Crippen LogP contribution in [0.1, 0.15) is 19.4 Å². The first-order valence-corrected chi connectivity index (χ1v) is 5.78. The molecule has 3 nitrogen and oxygen atoms in total. The number of thiophene rings is 1. The summed E-state index contributed by atoms with van der Waals surface area (Å²) in [6.07, 6.45) is 0. The molecule has 0 bridgehead atoms. The molecular weight excluding hydrogens is 208 g/mol. The zero-order valence-corrected chi connectivity index (χ0v) is 9.67. The molecule has 0 aromatic carbocycles. The van der Waals surface area contributed by atoms with Gasteiger partial charge in [-0.2, -0.15) is 16.6 Å². The number of hydrogen-bond donors (Lipinski definition) is 1. The standard InChI is InChI=1S/C11H14N2OS/c1-8(2)10(5-12)11(14)13-6-9-3-4-15-7-9/h3-4,7-8,10H,6H2,1-2H3,(H,13,14). The van der Waals surface area contributed by atoms with Crippen LogP contribution < -0.4 is 5.32 Å². The van der Waals surface area contributed by atoms with Gasteiger partial charge in [0.2, 0.25) is 5.91 Å². The predicted molar refractivity (Wildman–Crippen MR) is 60.1 cm³/mol. The topological polar surface area (TPSA) is 52.9 Å². The molecule has 15 heavy (non-hydrogen) atoms. The smallest absolute Gasteiger partial charge is 0.237 e. The number of carbonyl (C=O) groups is 1. The van der Waals surface area contributed by atoms with E-state index in [1.165, 1.54) is 0 Å². The Kier molecular flexibility index (Phi) is 4.32. The molecule has 4 heteroatoms. The maximum absolute atomic E-state index is 11.6. The fourth-order valence-corrected chi connectivity index (χ4v) is 1.87. The number of hydrogen-bond acceptors (Lipinski definition) is 3. The summed E-state index contributed by atoms with van der Waals surface area (Å²) in [4.78, 5) is 11.6. The van der Waals surface area contributed by atoms with Gasteiger partial charge in [0.05, 0.1) is 6.07 Å². The van der Waals surface area contributed by atoms with E-state index in [-0.39, 0.29) is 11.8 Å². The minimum atomic E-state index is -0.552. The molecule has 1 N–H and O–H groups in total. The number of nitriles is 1. The lowest BCUT2D eigenvalue weighted by Crippen LogP contribution is -2.32. The van der Waals surface area contributed by atoms with Crippen molar-refractivity contribution < 1.29 is 4.79 Å². The lowest BCUT2D eigenvalue weighted by Gasteiger charge is -2.12. The first-order chi connectivity index (χ1) is 7.15. The van der Waals surface area contributed by atoms with Crippen molar-refractivity contribution in [1.82, 2.24) is 5.32 Å².